The number of carbonyl (C=O) groups is 1. The van der Waals surface area contributed by atoms with Gasteiger partial charge in [0.2, 0.25) is 0 Å². The van der Waals surface area contributed by atoms with Crippen LogP contribution in [0.3, 0.4) is 0 Å². The quantitative estimate of drug-likeness (QED) is 0.734. The van der Waals surface area contributed by atoms with E-state index in [0.29, 0.717) is 6.54 Å². The van der Waals surface area contributed by atoms with E-state index in [1.807, 2.05) is 35.0 Å². The van der Waals surface area contributed by atoms with Crippen LogP contribution in [0.25, 0.3) is 11.4 Å². The van der Waals surface area contributed by atoms with Crippen LogP contribution in [0, 0.1) is 5.92 Å². The molecular weight excluding hydrogens is 214 g/mol. The van der Waals surface area contributed by atoms with E-state index in [4.69, 9.17) is 0 Å². The molecule has 0 saturated carbocycles. The van der Waals surface area contributed by atoms with Gasteiger partial charge in [0.25, 0.3) is 0 Å². The topological polar surface area (TPSA) is 47.8 Å². The van der Waals surface area contributed by atoms with Gasteiger partial charge in [-0.05, 0) is 6.42 Å². The van der Waals surface area contributed by atoms with Crippen molar-refractivity contribution in [1.82, 2.24) is 14.8 Å². The normalized spacial score (nSPS) is 18.7. The monoisotopic (exact) mass is 227 g/mol. The summed E-state index contributed by atoms with van der Waals surface area (Å²) in [6, 6.07) is 9.92. The van der Waals surface area contributed by atoms with Gasteiger partial charge >= 0.3 is 0 Å². The van der Waals surface area contributed by atoms with Gasteiger partial charge in [-0.15, -0.1) is 0 Å². The lowest BCUT2D eigenvalue weighted by Crippen LogP contribution is -2.22. The number of benzene rings is 1. The Bertz CT molecular complexity index is 533. The number of hydrogen-bond acceptors (Lipinski definition) is 3. The van der Waals surface area contributed by atoms with Crippen molar-refractivity contribution in [2.24, 2.45) is 5.92 Å². The van der Waals surface area contributed by atoms with Crippen molar-refractivity contribution in [1.29, 1.82) is 0 Å². The standard InChI is InChI=1S/C13H13N3O/c17-9-10-6-7-12-14-13(15-16(12)8-10)11-4-2-1-3-5-11/h1-5,9-10H,6-8H2. The van der Waals surface area contributed by atoms with Crippen LogP contribution < -0.4 is 0 Å². The SMILES string of the molecule is O=CC1CCc2nc(-c3ccccc3)nn2C1. The predicted molar refractivity (Wildman–Crippen MR) is 63.3 cm³/mol. The van der Waals surface area contributed by atoms with Crippen LogP contribution in [-0.4, -0.2) is 21.1 Å². The van der Waals surface area contributed by atoms with E-state index in [9.17, 15) is 4.79 Å². The molecule has 0 fully saturated rings. The van der Waals surface area contributed by atoms with Gasteiger partial charge in [-0.1, -0.05) is 30.3 Å². The Hall–Kier alpha value is -1.97. The highest BCUT2D eigenvalue weighted by Crippen LogP contribution is 2.21. The molecule has 1 unspecified atom stereocenters. The van der Waals surface area contributed by atoms with Crippen LogP contribution in [0.5, 0.6) is 0 Å². The first-order chi connectivity index (χ1) is 8.36. The van der Waals surface area contributed by atoms with Crippen molar-refractivity contribution >= 4 is 6.29 Å². The molecule has 0 spiro atoms. The lowest BCUT2D eigenvalue weighted by Gasteiger charge is -2.16. The molecular formula is C13H13N3O. The highest BCUT2D eigenvalue weighted by atomic mass is 16.1. The fraction of sp³-hybridized carbons (Fsp3) is 0.308. The van der Waals surface area contributed by atoms with Crippen molar-refractivity contribution in [3.63, 3.8) is 0 Å². The largest absolute Gasteiger partial charge is 0.303 e. The molecule has 4 nitrogen and oxygen atoms in total. The smallest absolute Gasteiger partial charge is 0.181 e. The average molecular weight is 227 g/mol. The minimum absolute atomic E-state index is 0.0906. The van der Waals surface area contributed by atoms with E-state index in [1.54, 1.807) is 0 Å². The van der Waals surface area contributed by atoms with Crippen LogP contribution in [0.1, 0.15) is 12.2 Å². The Morgan fingerprint density at radius 2 is 2.12 bits per heavy atom. The summed E-state index contributed by atoms with van der Waals surface area (Å²) in [7, 11) is 0. The zero-order valence-corrected chi connectivity index (χ0v) is 9.41. The minimum atomic E-state index is 0.0906. The van der Waals surface area contributed by atoms with Gasteiger partial charge in [-0.3, -0.25) is 0 Å². The molecule has 17 heavy (non-hydrogen) atoms. The highest BCUT2D eigenvalue weighted by molar-refractivity contribution is 5.55. The van der Waals surface area contributed by atoms with Crippen molar-refractivity contribution in [3.8, 4) is 11.4 Å². The summed E-state index contributed by atoms with van der Waals surface area (Å²) >= 11 is 0. The maximum atomic E-state index is 10.8. The van der Waals surface area contributed by atoms with Crippen LogP contribution >= 0.6 is 0 Å². The molecule has 0 aliphatic carbocycles. The molecule has 3 rings (SSSR count). The summed E-state index contributed by atoms with van der Waals surface area (Å²) in [5.74, 6) is 1.84. The van der Waals surface area contributed by atoms with E-state index in [-0.39, 0.29) is 5.92 Å². The molecule has 2 heterocycles. The van der Waals surface area contributed by atoms with Crippen molar-refractivity contribution < 1.29 is 4.79 Å². The maximum absolute atomic E-state index is 10.8. The summed E-state index contributed by atoms with van der Waals surface area (Å²) in [6.07, 6.45) is 2.74. The zero-order valence-electron chi connectivity index (χ0n) is 9.41. The number of aldehydes is 1. The molecule has 0 radical (unpaired) electrons. The average Bonchev–Trinajstić information content (AvgIpc) is 2.82. The second-order valence-corrected chi connectivity index (χ2v) is 4.33. The van der Waals surface area contributed by atoms with Gasteiger partial charge in [-0.25, -0.2) is 9.67 Å². The molecule has 1 aliphatic heterocycles. The summed E-state index contributed by atoms with van der Waals surface area (Å²) < 4.78 is 1.87. The molecule has 0 bridgehead atoms. The number of carbonyl (C=O) groups excluding carboxylic acids is 1. The molecule has 1 aliphatic rings. The molecule has 1 aromatic carbocycles. The summed E-state index contributed by atoms with van der Waals surface area (Å²) in [5.41, 5.74) is 1.03. The number of nitrogens with zero attached hydrogens (tertiary/aromatic N) is 3. The van der Waals surface area contributed by atoms with Gasteiger partial charge in [0.1, 0.15) is 12.1 Å². The number of rotatable bonds is 2. The van der Waals surface area contributed by atoms with E-state index >= 15 is 0 Å². The molecule has 1 aromatic heterocycles. The highest BCUT2D eigenvalue weighted by Gasteiger charge is 2.21. The van der Waals surface area contributed by atoms with Crippen molar-refractivity contribution in [2.45, 2.75) is 19.4 Å². The number of aryl methyl sites for hydroxylation is 1. The number of hydrogen-bond donors (Lipinski definition) is 0. The van der Waals surface area contributed by atoms with E-state index < -0.39 is 0 Å². The molecule has 4 heteroatoms. The first-order valence-corrected chi connectivity index (χ1v) is 5.81. The van der Waals surface area contributed by atoms with Gasteiger partial charge in [-0.2, -0.15) is 5.10 Å². The van der Waals surface area contributed by atoms with Gasteiger partial charge in [0.15, 0.2) is 5.82 Å². The second-order valence-electron chi connectivity index (χ2n) is 4.33. The fourth-order valence-electron chi connectivity index (χ4n) is 2.15. The van der Waals surface area contributed by atoms with Gasteiger partial charge in [0.05, 0.1) is 6.54 Å². The minimum Gasteiger partial charge on any atom is -0.303 e. The Morgan fingerprint density at radius 1 is 1.29 bits per heavy atom. The second kappa shape index (κ2) is 4.13. The molecule has 86 valence electrons. The number of fused-ring (bicyclic) bond motifs is 1. The van der Waals surface area contributed by atoms with Crippen LogP contribution in [0.2, 0.25) is 0 Å². The molecule has 1 atom stereocenters. The van der Waals surface area contributed by atoms with E-state index in [2.05, 4.69) is 10.1 Å². The number of aromatic nitrogens is 3. The van der Waals surface area contributed by atoms with Crippen molar-refractivity contribution in [2.75, 3.05) is 0 Å². The Labute approximate surface area is 99.3 Å². The third-order valence-corrected chi connectivity index (χ3v) is 3.12. The third-order valence-electron chi connectivity index (χ3n) is 3.12. The lowest BCUT2D eigenvalue weighted by atomic mass is 10.0. The van der Waals surface area contributed by atoms with Gasteiger partial charge in [0, 0.05) is 17.9 Å². The van der Waals surface area contributed by atoms with Gasteiger partial charge < -0.3 is 4.79 Å². The van der Waals surface area contributed by atoms with Crippen LogP contribution in [0.4, 0.5) is 0 Å². The molecule has 0 N–H and O–H groups in total. The van der Waals surface area contributed by atoms with Crippen LogP contribution in [-0.2, 0) is 17.8 Å². The molecule has 0 amide bonds. The van der Waals surface area contributed by atoms with Crippen molar-refractivity contribution in [3.05, 3.63) is 36.2 Å². The predicted octanol–water partition coefficient (Wildman–Crippen LogP) is 1.71. The molecule has 2 aromatic rings. The summed E-state index contributed by atoms with van der Waals surface area (Å²) in [4.78, 5) is 15.3. The molecule has 0 saturated heterocycles. The zero-order chi connectivity index (χ0) is 11.7. The maximum Gasteiger partial charge on any atom is 0.181 e. The van der Waals surface area contributed by atoms with E-state index in [1.165, 1.54) is 0 Å². The fourth-order valence-corrected chi connectivity index (χ4v) is 2.15. The Morgan fingerprint density at radius 3 is 2.88 bits per heavy atom. The lowest BCUT2D eigenvalue weighted by molar-refractivity contribution is -0.111. The summed E-state index contributed by atoms with van der Waals surface area (Å²) in [6.45, 7) is 0.665. The van der Waals surface area contributed by atoms with Crippen LogP contribution in [0.15, 0.2) is 30.3 Å². The Kier molecular flexibility index (Phi) is 2.48. The first-order valence-electron chi connectivity index (χ1n) is 5.81. The third kappa shape index (κ3) is 1.86. The summed E-state index contributed by atoms with van der Waals surface area (Å²) in [5, 5.41) is 4.47. The Balaban J connectivity index is 1.95. The van der Waals surface area contributed by atoms with E-state index in [0.717, 1.165) is 36.3 Å². The first kappa shape index (κ1) is 10.2.